The van der Waals surface area contributed by atoms with Crippen LogP contribution < -0.4 is 10.1 Å². The number of aromatic nitrogens is 1. The van der Waals surface area contributed by atoms with Crippen LogP contribution >= 0.6 is 11.6 Å². The SMILES string of the molecule is COCc1cc(C(=O)Nc2cccc(-c3cccc(/C=C(\F)c4ccc(C=O)c(OC)c4)c3C)c2Cl)ncc1C(OC)OC. The lowest BCUT2D eigenvalue weighted by atomic mass is 9.95. The van der Waals surface area contributed by atoms with Gasteiger partial charge in [-0.2, -0.15) is 0 Å². The van der Waals surface area contributed by atoms with Crippen molar-refractivity contribution in [1.29, 1.82) is 0 Å². The van der Waals surface area contributed by atoms with Crippen LogP contribution in [0.1, 0.15) is 55.0 Å². The molecule has 8 nitrogen and oxygen atoms in total. The number of ether oxygens (including phenoxy) is 4. The summed E-state index contributed by atoms with van der Waals surface area (Å²) in [7, 11) is 5.99. The molecule has 1 N–H and O–H groups in total. The van der Waals surface area contributed by atoms with Gasteiger partial charge in [0.05, 0.1) is 30.0 Å². The fourth-order valence-electron chi connectivity index (χ4n) is 4.78. The van der Waals surface area contributed by atoms with E-state index in [4.69, 9.17) is 30.5 Å². The molecule has 0 bridgehead atoms. The monoisotopic (exact) mass is 618 g/mol. The summed E-state index contributed by atoms with van der Waals surface area (Å²) >= 11 is 6.83. The van der Waals surface area contributed by atoms with E-state index in [1.165, 1.54) is 51.8 Å². The predicted molar refractivity (Wildman–Crippen MR) is 169 cm³/mol. The van der Waals surface area contributed by atoms with Crippen LogP contribution in [0.4, 0.5) is 10.1 Å². The molecule has 3 aromatic carbocycles. The molecule has 1 aromatic heterocycles. The zero-order valence-electron chi connectivity index (χ0n) is 24.9. The van der Waals surface area contributed by atoms with Gasteiger partial charge in [-0.05, 0) is 59.5 Å². The van der Waals surface area contributed by atoms with Crippen LogP contribution in [0.25, 0.3) is 23.0 Å². The van der Waals surface area contributed by atoms with Gasteiger partial charge < -0.3 is 24.3 Å². The van der Waals surface area contributed by atoms with E-state index in [2.05, 4.69) is 10.3 Å². The zero-order valence-corrected chi connectivity index (χ0v) is 25.7. The molecule has 0 saturated carbocycles. The minimum absolute atomic E-state index is 0.157. The number of hydrogen-bond donors (Lipinski definition) is 1. The van der Waals surface area contributed by atoms with Gasteiger partial charge >= 0.3 is 0 Å². The van der Waals surface area contributed by atoms with Crippen LogP contribution in [0, 0.1) is 6.92 Å². The number of hydrogen-bond acceptors (Lipinski definition) is 7. The number of nitrogens with one attached hydrogen (secondary N) is 1. The molecule has 1 heterocycles. The van der Waals surface area contributed by atoms with E-state index in [-0.39, 0.29) is 23.6 Å². The summed E-state index contributed by atoms with van der Waals surface area (Å²) in [5.41, 5.74) is 5.30. The Labute approximate surface area is 260 Å². The topological polar surface area (TPSA) is 96.0 Å². The minimum atomic E-state index is -0.663. The molecule has 4 aromatic rings. The van der Waals surface area contributed by atoms with E-state index in [0.717, 1.165) is 11.1 Å². The molecule has 4 rings (SSSR count). The average Bonchev–Trinajstić information content (AvgIpc) is 3.04. The number of pyridine rings is 1. The maximum atomic E-state index is 15.3. The summed E-state index contributed by atoms with van der Waals surface area (Å²) in [4.78, 5) is 28.8. The van der Waals surface area contributed by atoms with E-state index in [1.54, 1.807) is 37.4 Å². The number of anilines is 1. The highest BCUT2D eigenvalue weighted by Gasteiger charge is 2.20. The van der Waals surface area contributed by atoms with Crippen LogP contribution in [0.2, 0.25) is 5.02 Å². The largest absolute Gasteiger partial charge is 0.496 e. The Kier molecular flexibility index (Phi) is 11.0. The van der Waals surface area contributed by atoms with Gasteiger partial charge in [-0.1, -0.05) is 48.0 Å². The predicted octanol–water partition coefficient (Wildman–Crippen LogP) is 7.69. The number of rotatable bonds is 12. The van der Waals surface area contributed by atoms with Crippen molar-refractivity contribution in [2.45, 2.75) is 19.8 Å². The maximum absolute atomic E-state index is 15.3. The molecular weight excluding hydrogens is 587 g/mol. The summed E-state index contributed by atoms with van der Waals surface area (Å²) in [6, 6.07) is 16.9. The van der Waals surface area contributed by atoms with Crippen molar-refractivity contribution < 1.29 is 32.9 Å². The molecule has 44 heavy (non-hydrogen) atoms. The van der Waals surface area contributed by atoms with Crippen molar-refractivity contribution in [3.05, 3.63) is 111 Å². The molecule has 0 aliphatic heterocycles. The Balaban J connectivity index is 1.64. The van der Waals surface area contributed by atoms with Gasteiger partial charge in [-0.25, -0.2) is 4.39 Å². The lowest BCUT2D eigenvalue weighted by Gasteiger charge is -2.18. The fraction of sp³-hybridized carbons (Fsp3) is 0.206. The van der Waals surface area contributed by atoms with Crippen molar-refractivity contribution in [2.24, 2.45) is 0 Å². The van der Waals surface area contributed by atoms with Crippen molar-refractivity contribution in [3.63, 3.8) is 0 Å². The van der Waals surface area contributed by atoms with Crippen molar-refractivity contribution >= 4 is 41.4 Å². The summed E-state index contributed by atoms with van der Waals surface area (Å²) in [5.74, 6) is -0.681. The lowest BCUT2D eigenvalue weighted by molar-refractivity contribution is -0.107. The van der Waals surface area contributed by atoms with Crippen molar-refractivity contribution in [1.82, 2.24) is 4.98 Å². The summed E-state index contributed by atoms with van der Waals surface area (Å²) < 4.78 is 36.5. The zero-order chi connectivity index (χ0) is 31.8. The van der Waals surface area contributed by atoms with Gasteiger partial charge in [0.1, 0.15) is 17.3 Å². The van der Waals surface area contributed by atoms with Gasteiger partial charge in [0.15, 0.2) is 12.6 Å². The normalized spacial score (nSPS) is 11.5. The molecule has 228 valence electrons. The average molecular weight is 619 g/mol. The Morgan fingerprint density at radius 3 is 2.41 bits per heavy atom. The molecule has 1 amide bonds. The summed E-state index contributed by atoms with van der Waals surface area (Å²) in [5, 5.41) is 3.16. The first-order valence-corrected chi connectivity index (χ1v) is 13.9. The van der Waals surface area contributed by atoms with Gasteiger partial charge in [0, 0.05) is 44.2 Å². The number of carbonyl (C=O) groups excluding carboxylic acids is 2. The van der Waals surface area contributed by atoms with Crippen LogP contribution in [0.3, 0.4) is 0 Å². The third-order valence-electron chi connectivity index (χ3n) is 7.07. The molecule has 0 aliphatic rings. The summed E-state index contributed by atoms with van der Waals surface area (Å²) in [6.45, 7) is 2.09. The molecular formula is C34H32ClFN2O6. The number of methoxy groups -OCH3 is 4. The minimum Gasteiger partial charge on any atom is -0.496 e. The van der Waals surface area contributed by atoms with E-state index in [1.807, 2.05) is 19.1 Å². The van der Waals surface area contributed by atoms with E-state index in [9.17, 15) is 9.59 Å². The third-order valence-corrected chi connectivity index (χ3v) is 7.48. The first kappa shape index (κ1) is 32.5. The number of aldehydes is 1. The molecule has 0 fully saturated rings. The molecule has 0 saturated heterocycles. The van der Waals surface area contributed by atoms with Gasteiger partial charge in [0.2, 0.25) is 0 Å². The third kappa shape index (κ3) is 7.03. The number of nitrogens with zero attached hydrogens (tertiary/aromatic N) is 1. The highest BCUT2D eigenvalue weighted by molar-refractivity contribution is 6.36. The highest BCUT2D eigenvalue weighted by atomic mass is 35.5. The first-order valence-electron chi connectivity index (χ1n) is 13.5. The van der Waals surface area contributed by atoms with Crippen molar-refractivity contribution in [2.75, 3.05) is 33.8 Å². The Morgan fingerprint density at radius 2 is 1.73 bits per heavy atom. The Hall–Kier alpha value is -4.41. The number of carbonyl (C=O) groups is 2. The lowest BCUT2D eigenvalue weighted by Crippen LogP contribution is -2.16. The van der Waals surface area contributed by atoms with Crippen LogP contribution in [-0.4, -0.2) is 45.6 Å². The summed E-state index contributed by atoms with van der Waals surface area (Å²) in [6.07, 6.45) is 2.93. The second-order valence-corrected chi connectivity index (χ2v) is 10.1. The van der Waals surface area contributed by atoms with E-state index in [0.29, 0.717) is 44.8 Å². The molecule has 10 heteroatoms. The van der Waals surface area contributed by atoms with Gasteiger partial charge in [-0.15, -0.1) is 0 Å². The molecule has 0 unspecified atom stereocenters. The van der Waals surface area contributed by atoms with Gasteiger partial charge in [0.25, 0.3) is 5.91 Å². The Morgan fingerprint density at radius 1 is 1.00 bits per heavy atom. The Bertz CT molecular complexity index is 1700. The molecule has 0 atom stereocenters. The van der Waals surface area contributed by atoms with Crippen molar-refractivity contribution in [3.8, 4) is 16.9 Å². The van der Waals surface area contributed by atoms with Crippen LogP contribution in [0.5, 0.6) is 5.75 Å². The smallest absolute Gasteiger partial charge is 0.274 e. The second kappa shape index (κ2) is 14.9. The molecule has 0 aliphatic carbocycles. The fourth-order valence-corrected chi connectivity index (χ4v) is 5.05. The van der Waals surface area contributed by atoms with Crippen LogP contribution in [0.15, 0.2) is 66.9 Å². The quantitative estimate of drug-likeness (QED) is 0.0988. The van der Waals surface area contributed by atoms with E-state index < -0.39 is 18.0 Å². The van der Waals surface area contributed by atoms with Crippen LogP contribution in [-0.2, 0) is 20.8 Å². The second-order valence-electron chi connectivity index (χ2n) is 9.71. The molecule has 0 spiro atoms. The van der Waals surface area contributed by atoms with Gasteiger partial charge in [-0.3, -0.25) is 14.6 Å². The number of benzene rings is 3. The number of amides is 1. The first-order chi connectivity index (χ1) is 21.3. The molecule has 0 radical (unpaired) electrons. The standard InChI is InChI=1S/C34H32ClFN2O6/c1-20-21(14-28(36)22-12-13-23(18-39)31(16-22)42-3)8-6-9-25(20)26-10-7-11-29(32(26)35)38-33(40)30-15-24(19-41-2)27(17-37-30)34(43-4)44-5/h6-18,34H,19H2,1-5H3,(H,38,40)/b28-14-. The number of halogens is 2. The highest BCUT2D eigenvalue weighted by Crippen LogP contribution is 2.37. The maximum Gasteiger partial charge on any atom is 0.274 e. The van der Waals surface area contributed by atoms with E-state index >= 15 is 4.39 Å².